The van der Waals surface area contributed by atoms with Crippen molar-refractivity contribution in [3.05, 3.63) is 0 Å². The third kappa shape index (κ3) is 4.49. The highest BCUT2D eigenvalue weighted by Crippen LogP contribution is 2.28. The number of nitrogens with zero attached hydrogens (tertiary/aromatic N) is 1. The number of hydrogen-bond donors (Lipinski definition) is 1. The fourth-order valence-electron chi connectivity index (χ4n) is 2.06. The minimum atomic E-state index is 0.537. The first-order valence-corrected chi connectivity index (χ1v) is 6.17. The van der Waals surface area contributed by atoms with Crippen LogP contribution in [0.4, 0.5) is 0 Å². The Morgan fingerprint density at radius 2 is 2.07 bits per heavy atom. The molecule has 1 fully saturated rings. The van der Waals surface area contributed by atoms with E-state index in [-0.39, 0.29) is 0 Å². The number of hydrogen-bond acceptors (Lipinski definition) is 3. The van der Waals surface area contributed by atoms with Gasteiger partial charge in [0.25, 0.3) is 0 Å². The molecule has 0 saturated heterocycles. The van der Waals surface area contributed by atoms with Gasteiger partial charge in [-0.15, -0.1) is 0 Å². The van der Waals surface area contributed by atoms with Gasteiger partial charge in [0.15, 0.2) is 0 Å². The van der Waals surface area contributed by atoms with E-state index in [1.807, 2.05) is 0 Å². The van der Waals surface area contributed by atoms with Crippen LogP contribution in [0.3, 0.4) is 0 Å². The van der Waals surface area contributed by atoms with Crippen LogP contribution in [0.25, 0.3) is 0 Å². The van der Waals surface area contributed by atoms with Crippen molar-refractivity contribution in [1.82, 2.24) is 10.2 Å². The van der Waals surface area contributed by atoms with E-state index in [9.17, 15) is 0 Å². The van der Waals surface area contributed by atoms with Crippen molar-refractivity contribution in [1.29, 1.82) is 0 Å². The summed E-state index contributed by atoms with van der Waals surface area (Å²) in [5.74, 6) is 0. The van der Waals surface area contributed by atoms with Crippen molar-refractivity contribution in [3.63, 3.8) is 0 Å². The molecule has 0 amide bonds. The summed E-state index contributed by atoms with van der Waals surface area (Å²) in [5.41, 5.74) is 0. The molecule has 1 atom stereocenters. The lowest BCUT2D eigenvalue weighted by Crippen LogP contribution is -2.47. The van der Waals surface area contributed by atoms with Gasteiger partial charge in [0.05, 0.1) is 6.61 Å². The second kappa shape index (κ2) is 6.46. The molecule has 1 N–H and O–H groups in total. The molecule has 0 heterocycles. The molecule has 3 nitrogen and oxygen atoms in total. The summed E-state index contributed by atoms with van der Waals surface area (Å²) >= 11 is 0. The largest absolute Gasteiger partial charge is 0.383 e. The van der Waals surface area contributed by atoms with Crippen LogP contribution in [0.2, 0.25) is 0 Å². The van der Waals surface area contributed by atoms with E-state index in [0.717, 1.165) is 25.7 Å². The van der Waals surface area contributed by atoms with Crippen LogP contribution in [-0.4, -0.2) is 49.8 Å². The van der Waals surface area contributed by atoms with E-state index in [1.165, 1.54) is 12.8 Å². The van der Waals surface area contributed by atoms with Crippen molar-refractivity contribution in [2.24, 2.45) is 0 Å². The van der Waals surface area contributed by atoms with Crippen LogP contribution in [0, 0.1) is 0 Å². The monoisotopic (exact) mass is 214 g/mol. The SMILES string of the molecule is CCN(C1CC1)C(CNC(C)C)COC. The third-order valence-electron chi connectivity index (χ3n) is 2.97. The van der Waals surface area contributed by atoms with Crippen LogP contribution in [0.15, 0.2) is 0 Å². The van der Waals surface area contributed by atoms with E-state index in [1.54, 1.807) is 7.11 Å². The van der Waals surface area contributed by atoms with Gasteiger partial charge in [0, 0.05) is 31.8 Å². The van der Waals surface area contributed by atoms with Gasteiger partial charge in [-0.05, 0) is 19.4 Å². The molecular weight excluding hydrogens is 188 g/mol. The Balaban J connectivity index is 2.38. The number of ether oxygens (including phenoxy) is 1. The Morgan fingerprint density at radius 1 is 1.40 bits per heavy atom. The van der Waals surface area contributed by atoms with Crippen molar-refractivity contribution in [2.75, 3.05) is 26.8 Å². The van der Waals surface area contributed by atoms with E-state index in [0.29, 0.717) is 12.1 Å². The average molecular weight is 214 g/mol. The van der Waals surface area contributed by atoms with Gasteiger partial charge in [-0.2, -0.15) is 0 Å². The lowest BCUT2D eigenvalue weighted by molar-refractivity contribution is 0.0863. The quantitative estimate of drug-likeness (QED) is 0.662. The molecule has 1 unspecified atom stereocenters. The number of methoxy groups -OCH3 is 1. The lowest BCUT2D eigenvalue weighted by atomic mass is 10.2. The molecule has 0 spiro atoms. The predicted octanol–water partition coefficient (Wildman–Crippen LogP) is 1.48. The lowest BCUT2D eigenvalue weighted by Gasteiger charge is -2.31. The van der Waals surface area contributed by atoms with Crippen molar-refractivity contribution in [3.8, 4) is 0 Å². The molecule has 1 aliphatic rings. The molecule has 0 aliphatic heterocycles. The summed E-state index contributed by atoms with van der Waals surface area (Å²) in [6, 6.07) is 1.92. The summed E-state index contributed by atoms with van der Waals surface area (Å²) in [4.78, 5) is 2.58. The highest BCUT2D eigenvalue weighted by Gasteiger charge is 2.32. The Kier molecular flexibility index (Phi) is 5.58. The van der Waals surface area contributed by atoms with Crippen LogP contribution in [0.5, 0.6) is 0 Å². The third-order valence-corrected chi connectivity index (χ3v) is 2.97. The first-order chi connectivity index (χ1) is 7.19. The van der Waals surface area contributed by atoms with Gasteiger partial charge in [-0.25, -0.2) is 0 Å². The predicted molar refractivity (Wildman–Crippen MR) is 64.2 cm³/mol. The van der Waals surface area contributed by atoms with Gasteiger partial charge >= 0.3 is 0 Å². The van der Waals surface area contributed by atoms with Crippen LogP contribution in [-0.2, 0) is 4.74 Å². The molecule has 90 valence electrons. The van der Waals surface area contributed by atoms with Crippen molar-refractivity contribution < 1.29 is 4.74 Å². The van der Waals surface area contributed by atoms with Gasteiger partial charge in [-0.1, -0.05) is 20.8 Å². The van der Waals surface area contributed by atoms with Crippen molar-refractivity contribution in [2.45, 2.75) is 51.7 Å². The maximum Gasteiger partial charge on any atom is 0.0630 e. The first-order valence-electron chi connectivity index (χ1n) is 6.17. The number of likely N-dealkylation sites (N-methyl/N-ethyl adjacent to an activating group) is 1. The fourth-order valence-corrected chi connectivity index (χ4v) is 2.06. The highest BCUT2D eigenvalue weighted by molar-refractivity contribution is 4.89. The Labute approximate surface area is 94.2 Å². The van der Waals surface area contributed by atoms with Gasteiger partial charge < -0.3 is 10.1 Å². The summed E-state index contributed by atoms with van der Waals surface area (Å²) in [5, 5.41) is 3.51. The Hall–Kier alpha value is -0.120. The smallest absolute Gasteiger partial charge is 0.0630 e. The molecular formula is C12H26N2O. The zero-order valence-electron chi connectivity index (χ0n) is 10.6. The van der Waals surface area contributed by atoms with E-state index >= 15 is 0 Å². The summed E-state index contributed by atoms with van der Waals surface area (Å²) in [7, 11) is 1.79. The molecule has 0 aromatic carbocycles. The minimum absolute atomic E-state index is 0.537. The number of rotatable bonds is 8. The van der Waals surface area contributed by atoms with Gasteiger partial charge in [0.1, 0.15) is 0 Å². The summed E-state index contributed by atoms with van der Waals surface area (Å²) < 4.78 is 5.32. The fraction of sp³-hybridized carbons (Fsp3) is 1.00. The molecule has 0 aromatic rings. The normalized spacial score (nSPS) is 18.8. The molecule has 1 rings (SSSR count). The molecule has 0 aromatic heterocycles. The number of nitrogens with one attached hydrogen (secondary N) is 1. The second-order valence-corrected chi connectivity index (χ2v) is 4.73. The minimum Gasteiger partial charge on any atom is -0.383 e. The molecule has 1 saturated carbocycles. The zero-order valence-corrected chi connectivity index (χ0v) is 10.6. The topological polar surface area (TPSA) is 24.5 Å². The van der Waals surface area contributed by atoms with E-state index < -0.39 is 0 Å². The maximum absolute atomic E-state index is 5.32. The molecule has 15 heavy (non-hydrogen) atoms. The van der Waals surface area contributed by atoms with E-state index in [2.05, 4.69) is 31.0 Å². The maximum atomic E-state index is 5.32. The Morgan fingerprint density at radius 3 is 2.47 bits per heavy atom. The summed E-state index contributed by atoms with van der Waals surface area (Å²) in [6.07, 6.45) is 2.74. The van der Waals surface area contributed by atoms with Crippen LogP contribution in [0.1, 0.15) is 33.6 Å². The summed E-state index contributed by atoms with van der Waals surface area (Å²) in [6.45, 7) is 9.64. The van der Waals surface area contributed by atoms with E-state index in [4.69, 9.17) is 4.74 Å². The Bertz CT molecular complexity index is 169. The average Bonchev–Trinajstić information content (AvgIpc) is 2.99. The zero-order chi connectivity index (χ0) is 11.3. The van der Waals surface area contributed by atoms with Crippen molar-refractivity contribution >= 4 is 0 Å². The standard InChI is InChI=1S/C12H26N2O/c1-5-14(11-6-7-11)12(9-15-4)8-13-10(2)3/h10-13H,5-9H2,1-4H3. The van der Waals surface area contributed by atoms with Crippen LogP contribution < -0.4 is 5.32 Å². The van der Waals surface area contributed by atoms with Crippen LogP contribution >= 0.6 is 0 Å². The first kappa shape index (κ1) is 12.9. The van der Waals surface area contributed by atoms with Gasteiger partial charge in [0.2, 0.25) is 0 Å². The second-order valence-electron chi connectivity index (χ2n) is 4.73. The molecule has 0 bridgehead atoms. The molecule has 3 heteroatoms. The van der Waals surface area contributed by atoms with Gasteiger partial charge in [-0.3, -0.25) is 4.90 Å². The highest BCUT2D eigenvalue weighted by atomic mass is 16.5. The molecule has 0 radical (unpaired) electrons. The molecule has 1 aliphatic carbocycles.